The molecule has 2 atom stereocenters. The van der Waals surface area contributed by atoms with Gasteiger partial charge < -0.3 is 5.32 Å². The summed E-state index contributed by atoms with van der Waals surface area (Å²) in [5.74, 6) is 1.51. The second kappa shape index (κ2) is 5.70. The van der Waals surface area contributed by atoms with Crippen molar-refractivity contribution < 1.29 is 0 Å². The predicted molar refractivity (Wildman–Crippen MR) is 70.1 cm³/mol. The van der Waals surface area contributed by atoms with Crippen LogP contribution in [-0.4, -0.2) is 13.1 Å². The molecule has 1 saturated heterocycles. The van der Waals surface area contributed by atoms with Crippen molar-refractivity contribution in [3.8, 4) is 0 Å². The summed E-state index contributed by atoms with van der Waals surface area (Å²) in [6.45, 7) is 4.59. The lowest BCUT2D eigenvalue weighted by molar-refractivity contribution is 0.307. The first kappa shape index (κ1) is 11.9. The van der Waals surface area contributed by atoms with Crippen LogP contribution in [-0.2, 0) is 0 Å². The molecule has 1 aliphatic heterocycles. The number of hydrogen-bond donors (Lipinski definition) is 1. The van der Waals surface area contributed by atoms with Crippen LogP contribution in [0.1, 0.15) is 37.7 Å². The fourth-order valence-electron chi connectivity index (χ4n) is 2.75. The van der Waals surface area contributed by atoms with E-state index in [0.29, 0.717) is 0 Å². The molecule has 0 unspecified atom stereocenters. The summed E-state index contributed by atoms with van der Waals surface area (Å²) in [6.07, 6.45) is 3.85. The summed E-state index contributed by atoms with van der Waals surface area (Å²) in [4.78, 5) is 0. The Morgan fingerprint density at radius 1 is 1.31 bits per heavy atom. The van der Waals surface area contributed by atoms with Gasteiger partial charge in [0.1, 0.15) is 0 Å². The van der Waals surface area contributed by atoms with Gasteiger partial charge in [-0.3, -0.25) is 0 Å². The molecule has 1 aromatic carbocycles. The summed E-state index contributed by atoms with van der Waals surface area (Å²) in [5.41, 5.74) is 1.46. The Morgan fingerprint density at radius 3 is 2.75 bits per heavy atom. The molecule has 1 fully saturated rings. The van der Waals surface area contributed by atoms with Crippen molar-refractivity contribution in [3.63, 3.8) is 0 Å². The smallest absolute Gasteiger partial charge is 0.0406 e. The van der Waals surface area contributed by atoms with Crippen molar-refractivity contribution in [2.75, 3.05) is 13.1 Å². The molecule has 1 aromatic rings. The van der Waals surface area contributed by atoms with E-state index in [1.54, 1.807) is 0 Å². The SMILES string of the molecule is CCC[C@H]1CNCC[C@@H]1c1ccc(Cl)cc1. The molecule has 1 N–H and O–H groups in total. The van der Waals surface area contributed by atoms with E-state index in [4.69, 9.17) is 11.6 Å². The summed E-state index contributed by atoms with van der Waals surface area (Å²) in [6, 6.07) is 8.42. The lowest BCUT2D eigenvalue weighted by atomic mass is 9.79. The van der Waals surface area contributed by atoms with Crippen molar-refractivity contribution in [3.05, 3.63) is 34.9 Å². The molecular formula is C14H20ClN. The minimum atomic E-state index is 0.721. The van der Waals surface area contributed by atoms with Gasteiger partial charge in [0.25, 0.3) is 0 Å². The molecule has 0 amide bonds. The summed E-state index contributed by atoms with van der Waals surface area (Å²) >= 11 is 5.94. The van der Waals surface area contributed by atoms with Crippen molar-refractivity contribution in [1.82, 2.24) is 5.32 Å². The van der Waals surface area contributed by atoms with Gasteiger partial charge in [0.2, 0.25) is 0 Å². The van der Waals surface area contributed by atoms with Gasteiger partial charge in [0.15, 0.2) is 0 Å². The van der Waals surface area contributed by atoms with Gasteiger partial charge in [-0.2, -0.15) is 0 Å². The van der Waals surface area contributed by atoms with E-state index in [-0.39, 0.29) is 0 Å². The fourth-order valence-corrected chi connectivity index (χ4v) is 2.87. The van der Waals surface area contributed by atoms with Crippen LogP contribution in [0.5, 0.6) is 0 Å². The van der Waals surface area contributed by atoms with Crippen molar-refractivity contribution >= 4 is 11.6 Å². The van der Waals surface area contributed by atoms with Gasteiger partial charge >= 0.3 is 0 Å². The second-order valence-electron chi connectivity index (χ2n) is 4.70. The minimum Gasteiger partial charge on any atom is -0.316 e. The average Bonchev–Trinajstić information content (AvgIpc) is 2.32. The molecule has 2 heteroatoms. The Kier molecular flexibility index (Phi) is 4.25. The number of halogens is 1. The monoisotopic (exact) mass is 237 g/mol. The molecule has 0 saturated carbocycles. The molecule has 0 bridgehead atoms. The van der Waals surface area contributed by atoms with Gasteiger partial charge in [-0.25, -0.2) is 0 Å². The van der Waals surface area contributed by atoms with E-state index in [9.17, 15) is 0 Å². The Balaban J connectivity index is 2.13. The topological polar surface area (TPSA) is 12.0 Å². The van der Waals surface area contributed by atoms with Gasteiger partial charge in [-0.05, 0) is 55.5 Å². The van der Waals surface area contributed by atoms with Crippen LogP contribution in [0.4, 0.5) is 0 Å². The molecular weight excluding hydrogens is 218 g/mol. The van der Waals surface area contributed by atoms with Gasteiger partial charge in [-0.15, -0.1) is 0 Å². The van der Waals surface area contributed by atoms with E-state index in [2.05, 4.69) is 24.4 Å². The number of hydrogen-bond acceptors (Lipinski definition) is 1. The molecule has 16 heavy (non-hydrogen) atoms. The number of benzene rings is 1. The number of rotatable bonds is 3. The van der Waals surface area contributed by atoms with E-state index in [1.807, 2.05) is 12.1 Å². The molecule has 0 aliphatic carbocycles. The standard InChI is InChI=1S/C14H20ClN/c1-2-3-12-10-16-9-8-14(12)11-4-6-13(15)7-5-11/h4-7,12,14,16H,2-3,8-10H2,1H3/t12-,14+/m0/s1. The molecule has 0 spiro atoms. The first-order valence-corrected chi connectivity index (χ1v) is 6.65. The summed E-state index contributed by atoms with van der Waals surface area (Å²) in [5, 5.41) is 4.34. The molecule has 1 aliphatic rings. The van der Waals surface area contributed by atoms with E-state index >= 15 is 0 Å². The number of piperidine rings is 1. The first-order valence-electron chi connectivity index (χ1n) is 6.27. The van der Waals surface area contributed by atoms with Crippen LogP contribution in [0.25, 0.3) is 0 Å². The van der Waals surface area contributed by atoms with E-state index < -0.39 is 0 Å². The largest absolute Gasteiger partial charge is 0.316 e. The van der Waals surface area contributed by atoms with Gasteiger partial charge in [-0.1, -0.05) is 37.1 Å². The van der Waals surface area contributed by atoms with Crippen molar-refractivity contribution in [2.24, 2.45) is 5.92 Å². The third kappa shape index (κ3) is 2.78. The van der Waals surface area contributed by atoms with Crippen LogP contribution in [0.2, 0.25) is 5.02 Å². The zero-order chi connectivity index (χ0) is 11.4. The zero-order valence-corrected chi connectivity index (χ0v) is 10.6. The summed E-state index contributed by atoms with van der Waals surface area (Å²) in [7, 11) is 0. The van der Waals surface area contributed by atoms with Crippen LogP contribution in [0.15, 0.2) is 24.3 Å². The molecule has 1 heterocycles. The quantitative estimate of drug-likeness (QED) is 0.843. The highest BCUT2D eigenvalue weighted by atomic mass is 35.5. The van der Waals surface area contributed by atoms with E-state index in [0.717, 1.165) is 23.4 Å². The van der Waals surface area contributed by atoms with Crippen molar-refractivity contribution in [2.45, 2.75) is 32.1 Å². The Morgan fingerprint density at radius 2 is 2.06 bits per heavy atom. The maximum Gasteiger partial charge on any atom is 0.0406 e. The predicted octanol–water partition coefficient (Wildman–Crippen LogP) is 3.83. The summed E-state index contributed by atoms with van der Waals surface area (Å²) < 4.78 is 0. The Labute approximate surface area is 103 Å². The van der Waals surface area contributed by atoms with Crippen LogP contribution in [0, 0.1) is 5.92 Å². The lowest BCUT2D eigenvalue weighted by Gasteiger charge is -2.32. The van der Waals surface area contributed by atoms with Crippen molar-refractivity contribution in [1.29, 1.82) is 0 Å². The highest BCUT2D eigenvalue weighted by Gasteiger charge is 2.25. The molecule has 0 aromatic heterocycles. The van der Waals surface area contributed by atoms with Crippen LogP contribution in [0.3, 0.4) is 0 Å². The van der Waals surface area contributed by atoms with Gasteiger partial charge in [0.05, 0.1) is 0 Å². The maximum atomic E-state index is 5.94. The number of nitrogens with one attached hydrogen (secondary N) is 1. The van der Waals surface area contributed by atoms with Crippen LogP contribution < -0.4 is 5.32 Å². The normalized spacial score (nSPS) is 25.6. The first-order chi connectivity index (χ1) is 7.81. The molecule has 2 rings (SSSR count). The minimum absolute atomic E-state index is 0.721. The highest BCUT2D eigenvalue weighted by Crippen LogP contribution is 2.33. The highest BCUT2D eigenvalue weighted by molar-refractivity contribution is 6.30. The fraction of sp³-hybridized carbons (Fsp3) is 0.571. The Hall–Kier alpha value is -0.530. The lowest BCUT2D eigenvalue weighted by Crippen LogP contribution is -2.35. The third-order valence-corrected chi connectivity index (χ3v) is 3.82. The van der Waals surface area contributed by atoms with E-state index in [1.165, 1.54) is 31.4 Å². The van der Waals surface area contributed by atoms with Crippen LogP contribution >= 0.6 is 11.6 Å². The van der Waals surface area contributed by atoms with Gasteiger partial charge in [0, 0.05) is 5.02 Å². The third-order valence-electron chi connectivity index (χ3n) is 3.57. The molecule has 0 radical (unpaired) electrons. The maximum absolute atomic E-state index is 5.94. The molecule has 1 nitrogen and oxygen atoms in total. The second-order valence-corrected chi connectivity index (χ2v) is 5.14. The molecule has 88 valence electrons. The zero-order valence-electron chi connectivity index (χ0n) is 9.88. The average molecular weight is 238 g/mol. The Bertz CT molecular complexity index is 318.